The summed E-state index contributed by atoms with van der Waals surface area (Å²) in [4.78, 5) is 20.6. The van der Waals surface area contributed by atoms with E-state index in [0.29, 0.717) is 0 Å². The summed E-state index contributed by atoms with van der Waals surface area (Å²) in [6.45, 7) is 0. The molecule has 0 fully saturated rings. The van der Waals surface area contributed by atoms with Crippen LogP contribution in [0.5, 0.6) is 5.75 Å². The Hall–Kier alpha value is -2.66. The van der Waals surface area contributed by atoms with Gasteiger partial charge in [-0.1, -0.05) is 0 Å². The molecule has 1 rings (SSSR count). The first-order valence-corrected chi connectivity index (χ1v) is 4.59. The molecule has 0 radical (unpaired) electrons. The van der Waals surface area contributed by atoms with Crippen LogP contribution in [0.2, 0.25) is 0 Å². The van der Waals surface area contributed by atoms with Crippen molar-refractivity contribution in [2.24, 2.45) is 0 Å². The van der Waals surface area contributed by atoms with Gasteiger partial charge in [0, 0.05) is 17.7 Å². The summed E-state index contributed by atoms with van der Waals surface area (Å²) in [5, 5.41) is 37.6. The van der Waals surface area contributed by atoms with Crippen molar-refractivity contribution in [3.8, 4) is 11.8 Å². The first-order chi connectivity index (χ1) is 8.42. The Kier molecular flexibility index (Phi) is 3.81. The van der Waals surface area contributed by atoms with Crippen LogP contribution in [0.3, 0.4) is 0 Å². The Bertz CT molecular complexity index is 548. The largest absolute Gasteiger partial charge is 0.490 e. The van der Waals surface area contributed by atoms with Crippen LogP contribution in [0, 0.1) is 21.4 Å². The number of aliphatic hydroxyl groups is 1. The van der Waals surface area contributed by atoms with Crippen LogP contribution < -0.4 is 4.74 Å². The minimum atomic E-state index is -2.01. The minimum Gasteiger partial charge on any atom is -0.490 e. The van der Waals surface area contributed by atoms with Crippen LogP contribution >= 0.6 is 0 Å². The Morgan fingerprint density at radius 2 is 2.22 bits per heavy atom. The Labute approximate surface area is 101 Å². The number of aliphatic carboxylic acids is 1. The molecule has 18 heavy (non-hydrogen) atoms. The van der Waals surface area contributed by atoms with Crippen molar-refractivity contribution in [3.05, 3.63) is 33.4 Å². The number of nitrogens with zero attached hydrogens (tertiary/aromatic N) is 2. The highest BCUT2D eigenvalue weighted by molar-refractivity contribution is 5.76. The predicted octanol–water partition coefficient (Wildman–Crippen LogP) is 0.593. The van der Waals surface area contributed by atoms with Gasteiger partial charge in [-0.15, -0.1) is 0 Å². The third kappa shape index (κ3) is 2.36. The fourth-order valence-electron chi connectivity index (χ4n) is 1.35. The molecule has 0 saturated carbocycles. The molecule has 0 aliphatic carbocycles. The lowest BCUT2D eigenvalue weighted by Gasteiger charge is -2.09. The molecule has 1 aromatic carbocycles. The second-order valence-corrected chi connectivity index (χ2v) is 3.22. The average Bonchev–Trinajstić information content (AvgIpc) is 2.35. The van der Waals surface area contributed by atoms with Gasteiger partial charge < -0.3 is 14.9 Å². The van der Waals surface area contributed by atoms with E-state index in [1.165, 1.54) is 7.11 Å². The number of carbonyl (C=O) groups is 1. The summed E-state index contributed by atoms with van der Waals surface area (Å²) < 4.78 is 4.72. The average molecular weight is 252 g/mol. The Morgan fingerprint density at radius 3 is 2.61 bits per heavy atom. The van der Waals surface area contributed by atoms with Crippen molar-refractivity contribution in [1.29, 1.82) is 5.26 Å². The molecule has 0 amide bonds. The third-order valence-corrected chi connectivity index (χ3v) is 2.20. The zero-order chi connectivity index (χ0) is 13.9. The number of hydrogen-bond acceptors (Lipinski definition) is 6. The smallest absolute Gasteiger partial charge is 0.337 e. The maximum atomic E-state index is 10.7. The van der Waals surface area contributed by atoms with E-state index >= 15 is 0 Å². The van der Waals surface area contributed by atoms with E-state index in [1.807, 2.05) is 0 Å². The van der Waals surface area contributed by atoms with Crippen molar-refractivity contribution < 1.29 is 24.7 Å². The monoisotopic (exact) mass is 252 g/mol. The lowest BCUT2D eigenvalue weighted by molar-refractivity contribution is -0.385. The predicted molar refractivity (Wildman–Crippen MR) is 57.0 cm³/mol. The van der Waals surface area contributed by atoms with Gasteiger partial charge >= 0.3 is 11.7 Å². The second-order valence-electron chi connectivity index (χ2n) is 3.22. The van der Waals surface area contributed by atoms with E-state index in [1.54, 1.807) is 6.07 Å². The quantitative estimate of drug-likeness (QED) is 0.591. The van der Waals surface area contributed by atoms with E-state index in [-0.39, 0.29) is 16.9 Å². The molecule has 0 bridgehead atoms. The molecule has 1 aromatic rings. The molecular weight excluding hydrogens is 244 g/mol. The van der Waals surface area contributed by atoms with E-state index in [4.69, 9.17) is 15.1 Å². The summed E-state index contributed by atoms with van der Waals surface area (Å²) in [6.07, 6.45) is -2.01. The number of methoxy groups -OCH3 is 1. The molecule has 1 unspecified atom stereocenters. The molecule has 0 aromatic heterocycles. The number of nitro benzene ring substituents is 1. The van der Waals surface area contributed by atoms with Crippen LogP contribution in [0.15, 0.2) is 12.1 Å². The van der Waals surface area contributed by atoms with E-state index in [0.717, 1.165) is 12.1 Å². The molecule has 0 aliphatic heterocycles. The first-order valence-electron chi connectivity index (χ1n) is 4.59. The number of nitriles is 1. The number of carboxylic acid groups (broad SMARTS) is 1. The number of rotatable bonds is 4. The van der Waals surface area contributed by atoms with Crippen LogP contribution in [-0.4, -0.2) is 28.2 Å². The van der Waals surface area contributed by atoms with Gasteiger partial charge in [-0.3, -0.25) is 10.1 Å². The van der Waals surface area contributed by atoms with E-state index in [2.05, 4.69) is 0 Å². The highest BCUT2D eigenvalue weighted by atomic mass is 16.6. The number of hydrogen-bond donors (Lipinski definition) is 2. The van der Waals surface area contributed by atoms with Gasteiger partial charge in [0.25, 0.3) is 0 Å². The van der Waals surface area contributed by atoms with Crippen molar-refractivity contribution in [2.45, 2.75) is 6.10 Å². The van der Waals surface area contributed by atoms with Gasteiger partial charge in [0.2, 0.25) is 0 Å². The van der Waals surface area contributed by atoms with Crippen molar-refractivity contribution in [3.63, 3.8) is 0 Å². The normalized spacial score (nSPS) is 11.4. The molecule has 1 atom stereocenters. The zero-order valence-electron chi connectivity index (χ0n) is 9.15. The number of nitro groups is 1. The maximum absolute atomic E-state index is 10.7. The number of carboxylic acids is 1. The molecule has 8 nitrogen and oxygen atoms in total. The summed E-state index contributed by atoms with van der Waals surface area (Å²) >= 11 is 0. The van der Waals surface area contributed by atoms with Gasteiger partial charge in [-0.25, -0.2) is 4.79 Å². The summed E-state index contributed by atoms with van der Waals surface area (Å²) in [7, 11) is 1.18. The minimum absolute atomic E-state index is 0.183. The van der Waals surface area contributed by atoms with Gasteiger partial charge in [0.1, 0.15) is 0 Å². The lowest BCUT2D eigenvalue weighted by Crippen LogP contribution is -2.12. The van der Waals surface area contributed by atoms with E-state index in [9.17, 15) is 20.0 Å². The summed E-state index contributed by atoms with van der Waals surface area (Å²) in [6, 6.07) is 3.48. The topological polar surface area (TPSA) is 134 Å². The molecule has 2 N–H and O–H groups in total. The van der Waals surface area contributed by atoms with Crippen LogP contribution in [0.25, 0.3) is 0 Å². The van der Waals surface area contributed by atoms with Crippen LogP contribution in [0.4, 0.5) is 5.69 Å². The molecular formula is C10H8N2O6. The fraction of sp³-hybridized carbons (Fsp3) is 0.200. The first kappa shape index (κ1) is 13.4. The Balaban J connectivity index is 3.52. The lowest BCUT2D eigenvalue weighted by atomic mass is 10.0. The summed E-state index contributed by atoms with van der Waals surface area (Å²) in [5.74, 6) is -1.79. The fourth-order valence-corrected chi connectivity index (χ4v) is 1.35. The number of ether oxygens (including phenoxy) is 1. The van der Waals surface area contributed by atoms with Crippen molar-refractivity contribution in [2.75, 3.05) is 7.11 Å². The molecule has 0 aliphatic rings. The van der Waals surface area contributed by atoms with Gasteiger partial charge in [0.15, 0.2) is 11.9 Å². The maximum Gasteiger partial charge on any atom is 0.337 e. The summed E-state index contributed by atoms with van der Waals surface area (Å²) in [5.41, 5.74) is -1.07. The highest BCUT2D eigenvalue weighted by Crippen LogP contribution is 2.32. The molecule has 8 heteroatoms. The zero-order valence-corrected chi connectivity index (χ0v) is 9.15. The van der Waals surface area contributed by atoms with Crippen molar-refractivity contribution in [1.82, 2.24) is 0 Å². The van der Waals surface area contributed by atoms with Gasteiger partial charge in [-0.2, -0.15) is 5.26 Å². The van der Waals surface area contributed by atoms with E-state index < -0.39 is 22.7 Å². The molecule has 94 valence electrons. The van der Waals surface area contributed by atoms with Crippen LogP contribution in [-0.2, 0) is 4.79 Å². The van der Waals surface area contributed by atoms with Crippen molar-refractivity contribution >= 4 is 11.7 Å². The SMILES string of the molecule is COc1cc(C#N)c(C(O)C(=O)O)cc1[N+](=O)[O-]. The molecule has 0 heterocycles. The Morgan fingerprint density at radius 1 is 1.61 bits per heavy atom. The third-order valence-electron chi connectivity index (χ3n) is 2.20. The number of benzene rings is 1. The number of aliphatic hydroxyl groups excluding tert-OH is 1. The second kappa shape index (κ2) is 5.11. The molecule has 0 spiro atoms. The molecule has 0 saturated heterocycles. The standard InChI is InChI=1S/C10H8N2O6/c1-18-8-2-5(4-11)6(9(13)10(14)15)3-7(8)12(16)17/h2-3,9,13H,1H3,(H,14,15). The van der Waals surface area contributed by atoms with Crippen LogP contribution in [0.1, 0.15) is 17.2 Å². The van der Waals surface area contributed by atoms with Gasteiger partial charge in [-0.05, 0) is 0 Å². The van der Waals surface area contributed by atoms with Gasteiger partial charge in [0.05, 0.1) is 23.7 Å². The highest BCUT2D eigenvalue weighted by Gasteiger charge is 2.26.